The van der Waals surface area contributed by atoms with E-state index in [-0.39, 0.29) is 12.2 Å². The van der Waals surface area contributed by atoms with E-state index in [9.17, 15) is 14.5 Å². The van der Waals surface area contributed by atoms with Crippen molar-refractivity contribution in [1.29, 1.82) is 0 Å². The third-order valence-corrected chi connectivity index (χ3v) is 2.99. The highest BCUT2D eigenvalue weighted by atomic mass is 35.5. The lowest BCUT2D eigenvalue weighted by Crippen LogP contribution is -2.01. The molecule has 0 saturated heterocycles. The predicted molar refractivity (Wildman–Crippen MR) is 73.5 cm³/mol. The average molecular weight is 297 g/mol. The lowest BCUT2D eigenvalue weighted by Gasteiger charge is -2.08. The highest BCUT2D eigenvalue weighted by Gasteiger charge is 2.10. The Bertz CT molecular complexity index is 664. The number of rotatable bonds is 4. The fourth-order valence-corrected chi connectivity index (χ4v) is 1.80. The van der Waals surface area contributed by atoms with Crippen molar-refractivity contribution >= 4 is 23.0 Å². The van der Waals surface area contributed by atoms with Crippen LogP contribution >= 0.6 is 11.6 Å². The van der Waals surface area contributed by atoms with Crippen LogP contribution in [0.3, 0.4) is 0 Å². The maximum atomic E-state index is 13.2. The molecule has 0 unspecified atom stereocenters. The van der Waals surface area contributed by atoms with Gasteiger partial charge in [0.25, 0.3) is 5.69 Å². The van der Waals surface area contributed by atoms with Crippen LogP contribution in [0.2, 0.25) is 5.02 Å². The first kappa shape index (κ1) is 14.1. The number of benzene rings is 2. The number of phenolic OH excluding ortho intramolecular Hbond substituents is 1. The van der Waals surface area contributed by atoms with E-state index in [1.54, 1.807) is 0 Å². The van der Waals surface area contributed by atoms with Crippen LogP contribution in [0.5, 0.6) is 5.75 Å². The molecule has 0 amide bonds. The van der Waals surface area contributed by atoms with E-state index in [2.05, 4.69) is 5.32 Å². The Labute approximate surface area is 118 Å². The standard InChI is InChI=1S/C13H10ClFN2O3/c14-10-3-2-9(17(19)20)6-12(10)16-7-8-1-4-13(18)11(15)5-8/h1-6,16,18H,7H2. The van der Waals surface area contributed by atoms with Crippen LogP contribution < -0.4 is 5.32 Å². The summed E-state index contributed by atoms with van der Waals surface area (Å²) in [5.41, 5.74) is 0.867. The number of hydrogen-bond acceptors (Lipinski definition) is 4. The molecule has 0 aromatic heterocycles. The molecule has 2 N–H and O–H groups in total. The molecule has 0 radical (unpaired) electrons. The van der Waals surface area contributed by atoms with Crippen molar-refractivity contribution < 1.29 is 14.4 Å². The molecule has 2 rings (SSSR count). The number of non-ortho nitro benzene ring substituents is 1. The van der Waals surface area contributed by atoms with Gasteiger partial charge in [0, 0.05) is 18.7 Å². The van der Waals surface area contributed by atoms with Crippen molar-refractivity contribution in [3.05, 3.63) is 62.9 Å². The fourth-order valence-electron chi connectivity index (χ4n) is 1.62. The minimum absolute atomic E-state index is 0.0891. The number of phenols is 1. The molecule has 0 spiro atoms. The summed E-state index contributed by atoms with van der Waals surface area (Å²) >= 11 is 5.92. The van der Waals surface area contributed by atoms with E-state index in [0.29, 0.717) is 16.3 Å². The van der Waals surface area contributed by atoms with Crippen molar-refractivity contribution in [3.8, 4) is 5.75 Å². The molecule has 2 aromatic carbocycles. The van der Waals surface area contributed by atoms with E-state index >= 15 is 0 Å². The molecule has 7 heteroatoms. The lowest BCUT2D eigenvalue weighted by atomic mass is 10.2. The first-order chi connectivity index (χ1) is 9.47. The predicted octanol–water partition coefficient (Wildman–Crippen LogP) is 3.71. The number of aromatic hydroxyl groups is 1. The first-order valence-electron chi connectivity index (χ1n) is 5.62. The van der Waals surface area contributed by atoms with Gasteiger partial charge < -0.3 is 10.4 Å². The summed E-state index contributed by atoms with van der Waals surface area (Å²) in [4.78, 5) is 10.2. The Balaban J connectivity index is 2.15. The fraction of sp³-hybridized carbons (Fsp3) is 0.0769. The average Bonchev–Trinajstić information content (AvgIpc) is 2.41. The molecular weight excluding hydrogens is 287 g/mol. The third-order valence-electron chi connectivity index (χ3n) is 2.66. The number of hydrogen-bond donors (Lipinski definition) is 2. The van der Waals surface area contributed by atoms with Crippen molar-refractivity contribution in [2.45, 2.75) is 6.54 Å². The largest absolute Gasteiger partial charge is 0.505 e. The Morgan fingerprint density at radius 1 is 1.30 bits per heavy atom. The topological polar surface area (TPSA) is 75.4 Å². The van der Waals surface area contributed by atoms with Crippen molar-refractivity contribution in [2.24, 2.45) is 0 Å². The minimum Gasteiger partial charge on any atom is -0.505 e. The van der Waals surface area contributed by atoms with E-state index in [1.807, 2.05) is 0 Å². The molecule has 0 aliphatic rings. The monoisotopic (exact) mass is 296 g/mol. The van der Waals surface area contributed by atoms with Crippen LogP contribution in [0.4, 0.5) is 15.8 Å². The normalized spacial score (nSPS) is 10.3. The summed E-state index contributed by atoms with van der Waals surface area (Å²) in [6, 6.07) is 7.97. The van der Waals surface area contributed by atoms with Crippen LogP contribution in [0.15, 0.2) is 36.4 Å². The summed E-state index contributed by atoms with van der Waals surface area (Å²) in [5.74, 6) is -1.16. The Hall–Kier alpha value is -2.34. The van der Waals surface area contributed by atoms with Gasteiger partial charge in [0.05, 0.1) is 15.6 Å². The van der Waals surface area contributed by atoms with E-state index in [4.69, 9.17) is 16.7 Å². The summed E-state index contributed by atoms with van der Waals surface area (Å²) in [6.45, 7) is 0.220. The maximum absolute atomic E-state index is 13.2. The van der Waals surface area contributed by atoms with Gasteiger partial charge in [0.15, 0.2) is 11.6 Å². The minimum atomic E-state index is -0.727. The Morgan fingerprint density at radius 3 is 2.70 bits per heavy atom. The summed E-state index contributed by atoms with van der Waals surface area (Å²) in [5, 5.41) is 23.0. The molecule has 0 heterocycles. The van der Waals surface area contributed by atoms with Crippen LogP contribution in [-0.4, -0.2) is 10.0 Å². The number of anilines is 1. The zero-order valence-electron chi connectivity index (χ0n) is 10.1. The maximum Gasteiger partial charge on any atom is 0.271 e. The molecule has 0 aliphatic carbocycles. The van der Waals surface area contributed by atoms with Gasteiger partial charge in [0.2, 0.25) is 0 Å². The zero-order chi connectivity index (χ0) is 14.7. The number of nitrogens with zero attached hydrogens (tertiary/aromatic N) is 1. The number of nitrogens with one attached hydrogen (secondary N) is 1. The molecule has 0 aliphatic heterocycles. The SMILES string of the molecule is O=[N+]([O-])c1ccc(Cl)c(NCc2ccc(O)c(F)c2)c1. The van der Waals surface area contributed by atoms with Gasteiger partial charge in [-0.05, 0) is 23.8 Å². The Morgan fingerprint density at radius 2 is 2.05 bits per heavy atom. The van der Waals surface area contributed by atoms with Crippen LogP contribution in [0.25, 0.3) is 0 Å². The molecule has 0 fully saturated rings. The molecule has 20 heavy (non-hydrogen) atoms. The molecular formula is C13H10ClFN2O3. The molecule has 0 saturated carbocycles. The van der Waals surface area contributed by atoms with E-state index in [0.717, 1.165) is 0 Å². The van der Waals surface area contributed by atoms with Gasteiger partial charge in [-0.25, -0.2) is 4.39 Å². The lowest BCUT2D eigenvalue weighted by molar-refractivity contribution is -0.384. The van der Waals surface area contributed by atoms with Crippen molar-refractivity contribution in [3.63, 3.8) is 0 Å². The smallest absolute Gasteiger partial charge is 0.271 e. The van der Waals surface area contributed by atoms with Crippen LogP contribution in [0.1, 0.15) is 5.56 Å². The van der Waals surface area contributed by atoms with Crippen molar-refractivity contribution in [1.82, 2.24) is 0 Å². The van der Waals surface area contributed by atoms with Crippen LogP contribution in [0, 0.1) is 15.9 Å². The van der Waals surface area contributed by atoms with Gasteiger partial charge in [-0.1, -0.05) is 17.7 Å². The molecule has 0 bridgehead atoms. The van der Waals surface area contributed by atoms with E-state index < -0.39 is 16.5 Å². The number of nitro benzene ring substituents is 1. The quantitative estimate of drug-likeness (QED) is 0.666. The summed E-state index contributed by atoms with van der Waals surface area (Å²) in [6.07, 6.45) is 0. The van der Waals surface area contributed by atoms with Gasteiger partial charge in [-0.2, -0.15) is 0 Å². The van der Waals surface area contributed by atoms with E-state index in [1.165, 1.54) is 36.4 Å². The second kappa shape index (κ2) is 5.75. The van der Waals surface area contributed by atoms with Gasteiger partial charge in [0.1, 0.15) is 0 Å². The zero-order valence-corrected chi connectivity index (χ0v) is 10.9. The molecule has 104 valence electrons. The third kappa shape index (κ3) is 3.16. The molecule has 0 atom stereocenters. The second-order valence-corrected chi connectivity index (χ2v) is 4.47. The number of halogens is 2. The van der Waals surface area contributed by atoms with Gasteiger partial charge in [-0.3, -0.25) is 10.1 Å². The van der Waals surface area contributed by atoms with Gasteiger partial charge in [-0.15, -0.1) is 0 Å². The molecule has 2 aromatic rings. The highest BCUT2D eigenvalue weighted by Crippen LogP contribution is 2.27. The summed E-state index contributed by atoms with van der Waals surface area (Å²) < 4.78 is 13.2. The second-order valence-electron chi connectivity index (χ2n) is 4.06. The first-order valence-corrected chi connectivity index (χ1v) is 6.00. The van der Waals surface area contributed by atoms with Crippen LogP contribution in [-0.2, 0) is 6.54 Å². The summed E-state index contributed by atoms with van der Waals surface area (Å²) in [7, 11) is 0. The molecule has 5 nitrogen and oxygen atoms in total. The Kier molecular flexibility index (Phi) is 4.05. The highest BCUT2D eigenvalue weighted by molar-refractivity contribution is 6.33. The van der Waals surface area contributed by atoms with Gasteiger partial charge >= 0.3 is 0 Å². The number of nitro groups is 1. The van der Waals surface area contributed by atoms with Crippen molar-refractivity contribution in [2.75, 3.05) is 5.32 Å².